The standard InChI is InChI=1S/C20H22FN5O2/c1-2-18(28)24-8-10-25(11-9-24)20-14-6-7-26(12-16(14)22-13-23-20)19-15(21)4-3-5-17(19)27/h2-5,13,27H,1,6-12H2. The molecule has 2 aliphatic rings. The highest BCUT2D eigenvalue weighted by molar-refractivity contribution is 5.87. The van der Waals surface area contributed by atoms with E-state index in [4.69, 9.17) is 0 Å². The van der Waals surface area contributed by atoms with Crippen molar-refractivity contribution in [3.05, 3.63) is 54.3 Å². The summed E-state index contributed by atoms with van der Waals surface area (Å²) in [6.45, 7) is 7.16. The topological polar surface area (TPSA) is 72.8 Å². The first-order chi connectivity index (χ1) is 13.6. The molecule has 146 valence electrons. The first kappa shape index (κ1) is 18.2. The van der Waals surface area contributed by atoms with Crippen LogP contribution in [0.3, 0.4) is 0 Å². The van der Waals surface area contributed by atoms with E-state index in [1.54, 1.807) is 4.90 Å². The second-order valence-corrected chi connectivity index (χ2v) is 6.92. The number of phenolic OH excluding ortho intramolecular Hbond substituents is 1. The van der Waals surface area contributed by atoms with Crippen LogP contribution in [0.15, 0.2) is 37.2 Å². The average Bonchev–Trinajstić information content (AvgIpc) is 2.72. The number of hydrogen-bond donors (Lipinski definition) is 1. The lowest BCUT2D eigenvalue weighted by molar-refractivity contribution is -0.126. The first-order valence-corrected chi connectivity index (χ1v) is 9.30. The minimum absolute atomic E-state index is 0.0512. The summed E-state index contributed by atoms with van der Waals surface area (Å²) in [5.41, 5.74) is 2.10. The lowest BCUT2D eigenvalue weighted by atomic mass is 10.0. The van der Waals surface area contributed by atoms with Gasteiger partial charge in [-0.15, -0.1) is 0 Å². The Kier molecular flexibility index (Phi) is 4.85. The molecule has 7 nitrogen and oxygen atoms in total. The monoisotopic (exact) mass is 383 g/mol. The number of nitrogens with zero attached hydrogens (tertiary/aromatic N) is 5. The van der Waals surface area contributed by atoms with Crippen LogP contribution in [-0.2, 0) is 17.8 Å². The molecule has 0 unspecified atom stereocenters. The molecule has 4 rings (SSSR count). The lowest BCUT2D eigenvalue weighted by Crippen LogP contribution is -2.49. The third-order valence-electron chi connectivity index (χ3n) is 5.33. The molecule has 0 aliphatic carbocycles. The Balaban J connectivity index is 1.54. The van der Waals surface area contributed by atoms with E-state index in [0.29, 0.717) is 45.7 Å². The maximum absolute atomic E-state index is 14.2. The van der Waals surface area contributed by atoms with Crippen LogP contribution >= 0.6 is 0 Å². The molecule has 1 N–H and O–H groups in total. The van der Waals surface area contributed by atoms with Crippen LogP contribution in [0.5, 0.6) is 5.75 Å². The average molecular weight is 383 g/mol. The fourth-order valence-electron chi connectivity index (χ4n) is 3.89. The van der Waals surface area contributed by atoms with E-state index in [1.807, 2.05) is 4.90 Å². The molecule has 1 aromatic carbocycles. The molecule has 1 saturated heterocycles. The van der Waals surface area contributed by atoms with Crippen LogP contribution in [0.25, 0.3) is 0 Å². The van der Waals surface area contributed by atoms with E-state index in [-0.39, 0.29) is 17.3 Å². The van der Waals surface area contributed by atoms with Crippen molar-refractivity contribution < 1.29 is 14.3 Å². The molecule has 28 heavy (non-hydrogen) atoms. The Bertz CT molecular complexity index is 891. The zero-order valence-electron chi connectivity index (χ0n) is 15.5. The van der Waals surface area contributed by atoms with E-state index in [2.05, 4.69) is 21.4 Å². The number of hydrogen-bond acceptors (Lipinski definition) is 6. The van der Waals surface area contributed by atoms with E-state index >= 15 is 0 Å². The normalized spacial score (nSPS) is 16.7. The number of aromatic hydroxyl groups is 1. The molecule has 0 saturated carbocycles. The van der Waals surface area contributed by atoms with Gasteiger partial charge in [0, 0.05) is 38.3 Å². The predicted molar refractivity (Wildman–Crippen MR) is 104 cm³/mol. The fourth-order valence-corrected chi connectivity index (χ4v) is 3.89. The maximum Gasteiger partial charge on any atom is 0.246 e. The highest BCUT2D eigenvalue weighted by Crippen LogP contribution is 2.35. The second-order valence-electron chi connectivity index (χ2n) is 6.92. The molecule has 0 bridgehead atoms. The van der Waals surface area contributed by atoms with Gasteiger partial charge in [0.15, 0.2) is 0 Å². The van der Waals surface area contributed by atoms with E-state index in [1.165, 1.54) is 30.6 Å². The van der Waals surface area contributed by atoms with E-state index < -0.39 is 5.82 Å². The van der Waals surface area contributed by atoms with Crippen molar-refractivity contribution in [2.24, 2.45) is 0 Å². The van der Waals surface area contributed by atoms with Crippen LogP contribution in [0.4, 0.5) is 15.9 Å². The summed E-state index contributed by atoms with van der Waals surface area (Å²) < 4.78 is 14.2. The van der Waals surface area contributed by atoms with Gasteiger partial charge in [-0.05, 0) is 24.6 Å². The SMILES string of the molecule is C=CC(=O)N1CCN(c2ncnc3c2CCN(c2c(O)cccc2F)C3)CC1. The van der Waals surface area contributed by atoms with Gasteiger partial charge in [-0.3, -0.25) is 4.79 Å². The van der Waals surface area contributed by atoms with Gasteiger partial charge >= 0.3 is 0 Å². The summed E-state index contributed by atoms with van der Waals surface area (Å²) in [5, 5.41) is 10.1. The summed E-state index contributed by atoms with van der Waals surface area (Å²) in [6.07, 6.45) is 3.53. The molecule has 1 amide bonds. The molecule has 8 heteroatoms. The van der Waals surface area contributed by atoms with Gasteiger partial charge in [-0.1, -0.05) is 12.6 Å². The third-order valence-corrected chi connectivity index (χ3v) is 5.33. The number of carbonyl (C=O) groups is 1. The van der Waals surface area contributed by atoms with Gasteiger partial charge in [-0.2, -0.15) is 0 Å². The van der Waals surface area contributed by atoms with Gasteiger partial charge in [0.2, 0.25) is 5.91 Å². The molecule has 1 fully saturated rings. The van der Waals surface area contributed by atoms with Crippen molar-refractivity contribution in [1.82, 2.24) is 14.9 Å². The van der Waals surface area contributed by atoms with Gasteiger partial charge in [0.25, 0.3) is 0 Å². The number of amides is 1. The number of rotatable bonds is 3. The van der Waals surface area contributed by atoms with Crippen LogP contribution in [0.1, 0.15) is 11.3 Å². The van der Waals surface area contributed by atoms with Crippen LogP contribution in [0, 0.1) is 5.82 Å². The lowest BCUT2D eigenvalue weighted by Gasteiger charge is -2.37. The van der Waals surface area contributed by atoms with Crippen molar-refractivity contribution in [3.63, 3.8) is 0 Å². The Labute approximate surface area is 162 Å². The van der Waals surface area contributed by atoms with Crippen molar-refractivity contribution in [1.29, 1.82) is 0 Å². The van der Waals surface area contributed by atoms with Gasteiger partial charge in [0.05, 0.1) is 12.2 Å². The Hall–Kier alpha value is -3.16. The number of para-hydroxylation sites is 1. The molecule has 1 aromatic heterocycles. The number of piperazine rings is 1. The van der Waals surface area contributed by atoms with Crippen LogP contribution in [-0.4, -0.2) is 58.6 Å². The number of aromatic nitrogens is 2. The molecular weight excluding hydrogens is 361 g/mol. The molecule has 2 aliphatic heterocycles. The fraction of sp³-hybridized carbons (Fsp3) is 0.350. The van der Waals surface area contributed by atoms with Crippen LogP contribution < -0.4 is 9.80 Å². The highest BCUT2D eigenvalue weighted by Gasteiger charge is 2.28. The first-order valence-electron chi connectivity index (χ1n) is 9.30. The second kappa shape index (κ2) is 7.46. The summed E-state index contributed by atoms with van der Waals surface area (Å²) >= 11 is 0. The summed E-state index contributed by atoms with van der Waals surface area (Å²) in [4.78, 5) is 26.4. The van der Waals surface area contributed by atoms with Crippen molar-refractivity contribution in [2.45, 2.75) is 13.0 Å². The number of fused-ring (bicyclic) bond motifs is 1. The Morgan fingerprint density at radius 1 is 1.14 bits per heavy atom. The Morgan fingerprint density at radius 3 is 2.64 bits per heavy atom. The molecule has 2 aromatic rings. The zero-order valence-corrected chi connectivity index (χ0v) is 15.5. The van der Waals surface area contributed by atoms with E-state index in [0.717, 1.165) is 17.1 Å². The zero-order chi connectivity index (χ0) is 19.7. The quantitative estimate of drug-likeness (QED) is 0.814. The summed E-state index contributed by atoms with van der Waals surface area (Å²) in [5.74, 6) is 0.319. The molecular formula is C20H22FN5O2. The molecule has 3 heterocycles. The van der Waals surface area contributed by atoms with Gasteiger partial charge < -0.3 is 19.8 Å². The van der Waals surface area contributed by atoms with Crippen molar-refractivity contribution >= 4 is 17.4 Å². The van der Waals surface area contributed by atoms with Crippen molar-refractivity contribution in [2.75, 3.05) is 42.5 Å². The number of halogens is 1. The van der Waals surface area contributed by atoms with Crippen molar-refractivity contribution in [3.8, 4) is 5.75 Å². The number of phenols is 1. The van der Waals surface area contributed by atoms with Crippen LogP contribution in [0.2, 0.25) is 0 Å². The third kappa shape index (κ3) is 3.26. The molecule has 0 radical (unpaired) electrons. The Morgan fingerprint density at radius 2 is 1.93 bits per heavy atom. The maximum atomic E-state index is 14.2. The minimum Gasteiger partial charge on any atom is -0.506 e. The largest absolute Gasteiger partial charge is 0.506 e. The highest BCUT2D eigenvalue weighted by atomic mass is 19.1. The number of anilines is 2. The molecule has 0 spiro atoms. The predicted octanol–water partition coefficient (Wildman–Crippen LogP) is 1.72. The number of carbonyl (C=O) groups excluding carboxylic acids is 1. The van der Waals surface area contributed by atoms with Gasteiger partial charge in [0.1, 0.15) is 29.4 Å². The van der Waals surface area contributed by atoms with E-state index in [9.17, 15) is 14.3 Å². The van der Waals surface area contributed by atoms with Gasteiger partial charge in [-0.25, -0.2) is 14.4 Å². The summed E-state index contributed by atoms with van der Waals surface area (Å²) in [7, 11) is 0. The minimum atomic E-state index is -0.444. The molecule has 0 atom stereocenters. The summed E-state index contributed by atoms with van der Waals surface area (Å²) in [6, 6.07) is 4.33. The smallest absolute Gasteiger partial charge is 0.246 e. The number of benzene rings is 1.